The third kappa shape index (κ3) is 2.99. The fourth-order valence-electron chi connectivity index (χ4n) is 2.29. The molecule has 108 valence electrons. The van der Waals surface area contributed by atoms with Crippen LogP contribution in [-0.4, -0.2) is 33.8 Å². The number of aromatic carboxylic acids is 1. The number of nitrogens with zero attached hydrogens (tertiary/aromatic N) is 2. The Kier molecular flexibility index (Phi) is 4.74. The van der Waals surface area contributed by atoms with Gasteiger partial charge in [-0.2, -0.15) is 0 Å². The van der Waals surface area contributed by atoms with Crippen LogP contribution in [0.15, 0.2) is 18.2 Å². The average Bonchev–Trinajstić information content (AvgIpc) is 2.80. The van der Waals surface area contributed by atoms with E-state index in [-0.39, 0.29) is 0 Å². The molecule has 0 saturated heterocycles. The summed E-state index contributed by atoms with van der Waals surface area (Å²) in [6.45, 7) is 6.25. The van der Waals surface area contributed by atoms with Gasteiger partial charge in [0.25, 0.3) is 0 Å². The first-order chi connectivity index (χ1) is 9.67. The van der Waals surface area contributed by atoms with Crippen molar-refractivity contribution in [2.24, 2.45) is 0 Å². The lowest BCUT2D eigenvalue weighted by Gasteiger charge is -2.08. The van der Waals surface area contributed by atoms with E-state index in [0.29, 0.717) is 18.8 Å². The van der Waals surface area contributed by atoms with E-state index in [1.807, 2.05) is 6.92 Å². The molecular weight excluding hydrogens is 256 g/mol. The summed E-state index contributed by atoms with van der Waals surface area (Å²) in [4.78, 5) is 15.6. The van der Waals surface area contributed by atoms with E-state index in [1.54, 1.807) is 18.2 Å². The summed E-state index contributed by atoms with van der Waals surface area (Å²) in [6, 6.07) is 5.07. The highest BCUT2D eigenvalue weighted by Crippen LogP contribution is 2.19. The summed E-state index contributed by atoms with van der Waals surface area (Å²) < 4.78 is 7.45. The Labute approximate surface area is 118 Å². The van der Waals surface area contributed by atoms with Gasteiger partial charge in [-0.25, -0.2) is 9.78 Å². The molecule has 0 aliphatic rings. The third-order valence-electron chi connectivity index (χ3n) is 3.26. The number of rotatable bonds is 7. The maximum atomic E-state index is 11.1. The summed E-state index contributed by atoms with van der Waals surface area (Å²) in [5.74, 6) is 0.0750. The highest BCUT2D eigenvalue weighted by atomic mass is 16.5. The number of aryl methyl sites for hydroxylation is 2. The molecule has 5 nitrogen and oxygen atoms in total. The van der Waals surface area contributed by atoms with Gasteiger partial charge in [0.1, 0.15) is 5.82 Å². The van der Waals surface area contributed by atoms with Crippen LogP contribution in [0.2, 0.25) is 0 Å². The molecule has 5 heteroatoms. The lowest BCUT2D eigenvalue weighted by molar-refractivity contribution is 0.0697. The molecule has 1 N–H and O–H groups in total. The first kappa shape index (κ1) is 14.5. The quantitative estimate of drug-likeness (QED) is 0.790. The predicted octanol–water partition coefficient (Wildman–Crippen LogP) is 2.72. The molecule has 0 aliphatic carbocycles. The normalized spacial score (nSPS) is 11.1. The van der Waals surface area contributed by atoms with E-state index >= 15 is 0 Å². The van der Waals surface area contributed by atoms with E-state index in [0.717, 1.165) is 36.2 Å². The van der Waals surface area contributed by atoms with E-state index in [1.165, 1.54) is 0 Å². The molecule has 0 spiro atoms. The zero-order valence-corrected chi connectivity index (χ0v) is 11.9. The van der Waals surface area contributed by atoms with Crippen molar-refractivity contribution in [2.45, 2.75) is 33.2 Å². The van der Waals surface area contributed by atoms with Crippen molar-refractivity contribution in [3.8, 4) is 0 Å². The summed E-state index contributed by atoms with van der Waals surface area (Å²) in [7, 11) is 0. The SMILES string of the molecule is CCOCCCn1c(CC)nc2ccc(C(=O)O)cc21. The summed E-state index contributed by atoms with van der Waals surface area (Å²) >= 11 is 0. The Morgan fingerprint density at radius 3 is 2.85 bits per heavy atom. The second-order valence-corrected chi connectivity index (χ2v) is 4.59. The van der Waals surface area contributed by atoms with Crippen molar-refractivity contribution < 1.29 is 14.6 Å². The van der Waals surface area contributed by atoms with Gasteiger partial charge in [-0.15, -0.1) is 0 Å². The molecule has 2 aromatic rings. The largest absolute Gasteiger partial charge is 0.478 e. The Morgan fingerprint density at radius 2 is 2.20 bits per heavy atom. The van der Waals surface area contributed by atoms with Crippen molar-refractivity contribution in [3.05, 3.63) is 29.6 Å². The number of carboxylic acid groups (broad SMARTS) is 1. The Balaban J connectivity index is 2.33. The minimum absolute atomic E-state index is 0.297. The van der Waals surface area contributed by atoms with Crippen LogP contribution >= 0.6 is 0 Å². The number of aromatic nitrogens is 2. The first-order valence-electron chi connectivity index (χ1n) is 6.97. The van der Waals surface area contributed by atoms with Crippen molar-refractivity contribution in [1.29, 1.82) is 0 Å². The average molecular weight is 276 g/mol. The van der Waals surface area contributed by atoms with Gasteiger partial charge in [-0.05, 0) is 31.5 Å². The van der Waals surface area contributed by atoms with Crippen LogP contribution in [0.5, 0.6) is 0 Å². The highest BCUT2D eigenvalue weighted by molar-refractivity contribution is 5.92. The molecule has 1 heterocycles. The maximum Gasteiger partial charge on any atom is 0.335 e. The van der Waals surface area contributed by atoms with Gasteiger partial charge in [0.15, 0.2) is 0 Å². The topological polar surface area (TPSA) is 64.4 Å². The van der Waals surface area contributed by atoms with Crippen LogP contribution in [0.25, 0.3) is 11.0 Å². The summed E-state index contributed by atoms with van der Waals surface area (Å²) in [5, 5.41) is 9.10. The molecule has 0 fully saturated rings. The van der Waals surface area contributed by atoms with Crippen molar-refractivity contribution >= 4 is 17.0 Å². The number of fused-ring (bicyclic) bond motifs is 1. The van der Waals surface area contributed by atoms with Crippen LogP contribution in [-0.2, 0) is 17.7 Å². The Hall–Kier alpha value is -1.88. The van der Waals surface area contributed by atoms with Crippen molar-refractivity contribution in [1.82, 2.24) is 9.55 Å². The molecule has 2 rings (SSSR count). The van der Waals surface area contributed by atoms with Gasteiger partial charge in [-0.3, -0.25) is 0 Å². The highest BCUT2D eigenvalue weighted by Gasteiger charge is 2.12. The molecule has 0 radical (unpaired) electrons. The number of carbonyl (C=O) groups is 1. The molecule has 1 aromatic carbocycles. The predicted molar refractivity (Wildman–Crippen MR) is 77.2 cm³/mol. The van der Waals surface area contributed by atoms with Gasteiger partial charge >= 0.3 is 5.97 Å². The number of ether oxygens (including phenoxy) is 1. The molecular formula is C15H20N2O3. The standard InChI is InChI=1S/C15H20N2O3/c1-3-14-16-12-7-6-11(15(18)19)10-13(12)17(14)8-5-9-20-4-2/h6-7,10H,3-5,8-9H2,1-2H3,(H,18,19). The minimum atomic E-state index is -0.910. The number of hydrogen-bond acceptors (Lipinski definition) is 3. The van der Waals surface area contributed by atoms with Crippen LogP contribution < -0.4 is 0 Å². The van der Waals surface area contributed by atoms with Crippen LogP contribution in [0, 0.1) is 0 Å². The number of carboxylic acids is 1. The number of hydrogen-bond donors (Lipinski definition) is 1. The van der Waals surface area contributed by atoms with Crippen LogP contribution in [0.1, 0.15) is 36.5 Å². The molecule has 0 amide bonds. The van der Waals surface area contributed by atoms with Crippen molar-refractivity contribution in [3.63, 3.8) is 0 Å². The number of imidazole rings is 1. The molecule has 0 aliphatic heterocycles. The molecule has 0 bridgehead atoms. The van der Waals surface area contributed by atoms with Gasteiger partial charge in [0, 0.05) is 26.2 Å². The van der Waals surface area contributed by atoms with Gasteiger partial charge in [0.2, 0.25) is 0 Å². The Morgan fingerprint density at radius 1 is 1.40 bits per heavy atom. The second-order valence-electron chi connectivity index (χ2n) is 4.59. The van der Waals surface area contributed by atoms with E-state index in [9.17, 15) is 4.79 Å². The summed E-state index contributed by atoms with van der Waals surface area (Å²) in [6.07, 6.45) is 1.72. The molecule has 0 saturated carbocycles. The van der Waals surface area contributed by atoms with Crippen LogP contribution in [0.4, 0.5) is 0 Å². The van der Waals surface area contributed by atoms with Crippen LogP contribution in [0.3, 0.4) is 0 Å². The summed E-state index contributed by atoms with van der Waals surface area (Å²) in [5.41, 5.74) is 2.03. The van der Waals surface area contributed by atoms with Gasteiger partial charge < -0.3 is 14.4 Å². The molecule has 0 unspecified atom stereocenters. The van der Waals surface area contributed by atoms with E-state index in [2.05, 4.69) is 16.5 Å². The fourth-order valence-corrected chi connectivity index (χ4v) is 2.29. The van der Waals surface area contributed by atoms with Crippen molar-refractivity contribution in [2.75, 3.05) is 13.2 Å². The van der Waals surface area contributed by atoms with Gasteiger partial charge in [-0.1, -0.05) is 6.92 Å². The zero-order chi connectivity index (χ0) is 14.5. The number of benzene rings is 1. The molecule has 20 heavy (non-hydrogen) atoms. The second kappa shape index (κ2) is 6.52. The lowest BCUT2D eigenvalue weighted by atomic mass is 10.2. The smallest absolute Gasteiger partial charge is 0.335 e. The fraction of sp³-hybridized carbons (Fsp3) is 0.467. The van der Waals surface area contributed by atoms with E-state index in [4.69, 9.17) is 9.84 Å². The minimum Gasteiger partial charge on any atom is -0.478 e. The first-order valence-corrected chi connectivity index (χ1v) is 6.97. The molecule has 0 atom stereocenters. The monoisotopic (exact) mass is 276 g/mol. The lowest BCUT2D eigenvalue weighted by Crippen LogP contribution is -2.06. The maximum absolute atomic E-state index is 11.1. The van der Waals surface area contributed by atoms with Gasteiger partial charge in [0.05, 0.1) is 16.6 Å². The third-order valence-corrected chi connectivity index (χ3v) is 3.26. The molecule has 1 aromatic heterocycles. The van der Waals surface area contributed by atoms with E-state index < -0.39 is 5.97 Å². The Bertz CT molecular complexity index is 604. The zero-order valence-electron chi connectivity index (χ0n) is 11.9.